The zero-order valence-electron chi connectivity index (χ0n) is 9.08. The molecule has 7 heteroatoms. The van der Waals surface area contributed by atoms with Gasteiger partial charge in [0.15, 0.2) is 5.76 Å². The molecule has 0 amide bonds. The standard InChI is InChI=1S/C10H10N6O/c1-12-8-5-7(11)16-10(13-8)14-9(15-16)6-3-2-4-17-6/h2-5H,11H2,1H3,(H,12,13,14,15). The summed E-state index contributed by atoms with van der Waals surface area (Å²) in [5.41, 5.74) is 5.85. The molecule has 0 saturated carbocycles. The van der Waals surface area contributed by atoms with Crippen LogP contribution in [0.5, 0.6) is 0 Å². The van der Waals surface area contributed by atoms with Crippen LogP contribution in [0.15, 0.2) is 28.9 Å². The van der Waals surface area contributed by atoms with Crippen molar-refractivity contribution in [2.24, 2.45) is 0 Å². The Hall–Kier alpha value is -2.57. The van der Waals surface area contributed by atoms with Crippen molar-refractivity contribution in [2.75, 3.05) is 18.1 Å². The summed E-state index contributed by atoms with van der Waals surface area (Å²) in [6.07, 6.45) is 1.57. The number of fused-ring (bicyclic) bond motifs is 1. The lowest BCUT2D eigenvalue weighted by Gasteiger charge is -2.00. The van der Waals surface area contributed by atoms with Crippen molar-refractivity contribution >= 4 is 17.4 Å². The molecule has 0 aliphatic rings. The highest BCUT2D eigenvalue weighted by molar-refractivity contribution is 5.56. The first-order valence-corrected chi connectivity index (χ1v) is 5.03. The zero-order chi connectivity index (χ0) is 11.8. The van der Waals surface area contributed by atoms with Crippen molar-refractivity contribution in [3.63, 3.8) is 0 Å². The normalized spacial score (nSPS) is 10.9. The number of nitrogens with one attached hydrogen (secondary N) is 1. The maximum Gasteiger partial charge on any atom is 0.256 e. The fourth-order valence-corrected chi connectivity index (χ4v) is 1.53. The van der Waals surface area contributed by atoms with E-state index >= 15 is 0 Å². The van der Waals surface area contributed by atoms with Gasteiger partial charge in [0, 0.05) is 13.1 Å². The molecule has 86 valence electrons. The number of nitrogens with zero attached hydrogens (tertiary/aromatic N) is 4. The molecule has 0 fully saturated rings. The van der Waals surface area contributed by atoms with E-state index in [9.17, 15) is 0 Å². The van der Waals surface area contributed by atoms with Gasteiger partial charge in [-0.15, -0.1) is 5.10 Å². The van der Waals surface area contributed by atoms with Crippen LogP contribution in [0.25, 0.3) is 17.4 Å². The lowest BCUT2D eigenvalue weighted by Crippen LogP contribution is -2.03. The minimum Gasteiger partial charge on any atom is -0.461 e. The maximum absolute atomic E-state index is 5.85. The summed E-state index contributed by atoms with van der Waals surface area (Å²) in [5, 5.41) is 7.13. The Balaban J connectivity index is 2.22. The molecule has 0 aliphatic heterocycles. The lowest BCUT2D eigenvalue weighted by atomic mass is 10.4. The molecule has 0 radical (unpaired) electrons. The first kappa shape index (κ1) is 9.64. The van der Waals surface area contributed by atoms with Crippen molar-refractivity contribution in [3.8, 4) is 11.6 Å². The number of furan rings is 1. The largest absolute Gasteiger partial charge is 0.461 e. The highest BCUT2D eigenvalue weighted by atomic mass is 16.3. The summed E-state index contributed by atoms with van der Waals surface area (Å²) in [6.45, 7) is 0. The van der Waals surface area contributed by atoms with Gasteiger partial charge in [0.2, 0.25) is 5.82 Å². The second-order valence-electron chi connectivity index (χ2n) is 3.44. The zero-order valence-corrected chi connectivity index (χ0v) is 9.08. The van der Waals surface area contributed by atoms with Gasteiger partial charge in [-0.2, -0.15) is 14.5 Å². The molecule has 0 aliphatic carbocycles. The van der Waals surface area contributed by atoms with E-state index in [4.69, 9.17) is 10.2 Å². The molecule has 3 rings (SSSR count). The minimum absolute atomic E-state index is 0.431. The Morgan fingerprint density at radius 1 is 1.41 bits per heavy atom. The Morgan fingerprint density at radius 2 is 2.29 bits per heavy atom. The third-order valence-corrected chi connectivity index (χ3v) is 2.34. The van der Waals surface area contributed by atoms with Crippen molar-refractivity contribution in [1.29, 1.82) is 0 Å². The smallest absolute Gasteiger partial charge is 0.256 e. The molecule has 3 aromatic heterocycles. The average Bonchev–Trinajstić information content (AvgIpc) is 2.96. The van der Waals surface area contributed by atoms with E-state index in [1.807, 2.05) is 0 Å². The van der Waals surface area contributed by atoms with Crippen LogP contribution >= 0.6 is 0 Å². The molecule has 7 nitrogen and oxygen atoms in total. The van der Waals surface area contributed by atoms with Crippen LogP contribution in [0, 0.1) is 0 Å². The van der Waals surface area contributed by atoms with Gasteiger partial charge in [0.1, 0.15) is 11.6 Å². The van der Waals surface area contributed by atoms with Gasteiger partial charge in [-0.25, -0.2) is 0 Å². The minimum atomic E-state index is 0.431. The Bertz CT molecular complexity index is 657. The number of nitrogen functional groups attached to an aromatic ring is 1. The van der Waals surface area contributed by atoms with E-state index in [0.29, 0.717) is 29.0 Å². The highest BCUT2D eigenvalue weighted by Gasteiger charge is 2.12. The summed E-state index contributed by atoms with van der Waals surface area (Å²) in [7, 11) is 1.77. The van der Waals surface area contributed by atoms with Gasteiger partial charge in [-0.1, -0.05) is 0 Å². The van der Waals surface area contributed by atoms with Crippen molar-refractivity contribution in [2.45, 2.75) is 0 Å². The van der Waals surface area contributed by atoms with Crippen LogP contribution < -0.4 is 11.1 Å². The molecular weight excluding hydrogens is 220 g/mol. The van der Waals surface area contributed by atoms with Gasteiger partial charge < -0.3 is 15.5 Å². The van der Waals surface area contributed by atoms with E-state index < -0.39 is 0 Å². The quantitative estimate of drug-likeness (QED) is 0.682. The van der Waals surface area contributed by atoms with Crippen LogP contribution in [-0.2, 0) is 0 Å². The molecule has 3 heterocycles. The van der Waals surface area contributed by atoms with E-state index in [2.05, 4.69) is 20.4 Å². The molecule has 0 bridgehead atoms. The number of anilines is 2. The van der Waals surface area contributed by atoms with Crippen LogP contribution in [0.2, 0.25) is 0 Å². The SMILES string of the molecule is CNc1cc(N)n2nc(-c3ccco3)nc2n1. The molecule has 3 N–H and O–H groups in total. The van der Waals surface area contributed by atoms with Crippen LogP contribution in [-0.4, -0.2) is 26.6 Å². The third-order valence-electron chi connectivity index (χ3n) is 2.34. The predicted octanol–water partition coefficient (Wildman–Crippen LogP) is 1.01. The van der Waals surface area contributed by atoms with Gasteiger partial charge in [0.05, 0.1) is 6.26 Å². The number of aromatic nitrogens is 4. The van der Waals surface area contributed by atoms with Crippen molar-refractivity contribution < 1.29 is 4.42 Å². The topological polar surface area (TPSA) is 94.3 Å². The number of hydrogen-bond acceptors (Lipinski definition) is 6. The van der Waals surface area contributed by atoms with Gasteiger partial charge >= 0.3 is 0 Å². The monoisotopic (exact) mass is 230 g/mol. The summed E-state index contributed by atoms with van der Waals surface area (Å²) in [4.78, 5) is 8.49. The Kier molecular flexibility index (Phi) is 1.97. The predicted molar refractivity (Wildman–Crippen MR) is 62.4 cm³/mol. The van der Waals surface area contributed by atoms with E-state index in [-0.39, 0.29) is 0 Å². The first-order valence-electron chi connectivity index (χ1n) is 5.03. The molecule has 0 aromatic carbocycles. The third kappa shape index (κ3) is 1.48. The Morgan fingerprint density at radius 3 is 3.00 bits per heavy atom. The summed E-state index contributed by atoms with van der Waals surface area (Å²) < 4.78 is 6.69. The molecule has 0 spiro atoms. The molecular formula is C10H10N6O. The van der Waals surface area contributed by atoms with Crippen LogP contribution in [0.1, 0.15) is 0 Å². The molecule has 3 aromatic rings. The van der Waals surface area contributed by atoms with Crippen molar-refractivity contribution in [1.82, 2.24) is 19.6 Å². The van der Waals surface area contributed by atoms with Gasteiger partial charge in [0.25, 0.3) is 5.78 Å². The Labute approximate surface area is 96.3 Å². The summed E-state index contributed by atoms with van der Waals surface area (Å²) >= 11 is 0. The maximum atomic E-state index is 5.85. The average molecular weight is 230 g/mol. The summed E-state index contributed by atoms with van der Waals surface area (Å²) in [6, 6.07) is 5.24. The molecule has 0 atom stereocenters. The van der Waals surface area contributed by atoms with Crippen LogP contribution in [0.3, 0.4) is 0 Å². The van der Waals surface area contributed by atoms with Gasteiger partial charge in [-0.05, 0) is 12.1 Å². The first-order chi connectivity index (χ1) is 8.28. The summed E-state index contributed by atoms with van der Waals surface area (Å²) in [5.74, 6) is 2.59. The van der Waals surface area contributed by atoms with E-state index in [1.54, 1.807) is 31.5 Å². The number of rotatable bonds is 2. The fourth-order valence-electron chi connectivity index (χ4n) is 1.53. The fraction of sp³-hybridized carbons (Fsp3) is 0.100. The van der Waals surface area contributed by atoms with E-state index in [1.165, 1.54) is 4.52 Å². The van der Waals surface area contributed by atoms with E-state index in [0.717, 1.165) is 0 Å². The van der Waals surface area contributed by atoms with Crippen LogP contribution in [0.4, 0.5) is 11.6 Å². The highest BCUT2D eigenvalue weighted by Crippen LogP contribution is 2.18. The van der Waals surface area contributed by atoms with Crippen molar-refractivity contribution in [3.05, 3.63) is 24.5 Å². The number of hydrogen-bond donors (Lipinski definition) is 2. The lowest BCUT2D eigenvalue weighted by molar-refractivity contribution is 0.577. The molecule has 0 saturated heterocycles. The molecule has 17 heavy (non-hydrogen) atoms. The second-order valence-corrected chi connectivity index (χ2v) is 3.44. The van der Waals surface area contributed by atoms with Gasteiger partial charge in [-0.3, -0.25) is 0 Å². The molecule has 0 unspecified atom stereocenters. The second kappa shape index (κ2) is 3.48. The number of nitrogens with two attached hydrogens (primary N) is 1.